The molecule has 1 saturated carbocycles. The highest BCUT2D eigenvalue weighted by molar-refractivity contribution is 6.04. The fourth-order valence-electron chi connectivity index (χ4n) is 7.12. The molecule has 1 aliphatic carbocycles. The van der Waals surface area contributed by atoms with Gasteiger partial charge in [-0.15, -0.1) is 0 Å². The van der Waals surface area contributed by atoms with Gasteiger partial charge in [0.15, 0.2) is 0 Å². The number of aliphatic carboxylic acids is 1. The molecule has 0 spiro atoms. The zero-order chi connectivity index (χ0) is 30.8. The number of anilines is 2. The molecule has 2 unspecified atom stereocenters. The van der Waals surface area contributed by atoms with Crippen molar-refractivity contribution in [1.29, 1.82) is 5.26 Å². The highest BCUT2D eigenvalue weighted by Gasteiger charge is 2.42. The molecule has 4 heteroatoms. The molecule has 1 heterocycles. The van der Waals surface area contributed by atoms with Crippen LogP contribution in [-0.4, -0.2) is 17.1 Å². The molecular formula is C41H32N2O2. The summed E-state index contributed by atoms with van der Waals surface area (Å²) in [6.45, 7) is 0. The van der Waals surface area contributed by atoms with E-state index in [1.54, 1.807) is 6.07 Å². The second kappa shape index (κ2) is 12.1. The quantitative estimate of drug-likeness (QED) is 0.118. The van der Waals surface area contributed by atoms with Crippen molar-refractivity contribution in [2.24, 2.45) is 0 Å². The molecule has 5 aromatic carbocycles. The third-order valence-electron chi connectivity index (χ3n) is 9.06. The van der Waals surface area contributed by atoms with Gasteiger partial charge in [-0.1, -0.05) is 116 Å². The summed E-state index contributed by atoms with van der Waals surface area (Å²) in [6, 6.07) is 49.0. The fraction of sp³-hybridized carbons (Fsp3) is 0.122. The highest BCUT2D eigenvalue weighted by Crippen LogP contribution is 2.52. The Bertz CT molecular complexity index is 1910. The Morgan fingerprint density at radius 2 is 1.24 bits per heavy atom. The Morgan fingerprint density at radius 1 is 0.711 bits per heavy atom. The van der Waals surface area contributed by atoms with Gasteiger partial charge < -0.3 is 10.0 Å². The third kappa shape index (κ3) is 5.34. The molecule has 0 aromatic heterocycles. The number of nitriles is 1. The van der Waals surface area contributed by atoms with Crippen LogP contribution in [0.4, 0.5) is 11.4 Å². The van der Waals surface area contributed by atoms with Gasteiger partial charge in [-0.3, -0.25) is 0 Å². The van der Waals surface area contributed by atoms with E-state index >= 15 is 0 Å². The van der Waals surface area contributed by atoms with E-state index in [0.29, 0.717) is 12.0 Å². The number of fused-ring (bicyclic) bond motifs is 3. The molecule has 0 bridgehead atoms. The Morgan fingerprint density at radius 3 is 1.76 bits per heavy atom. The zero-order valence-electron chi connectivity index (χ0n) is 24.8. The minimum absolute atomic E-state index is 0.254. The lowest BCUT2D eigenvalue weighted by Crippen LogP contribution is -2.26. The molecule has 5 aromatic rings. The standard InChI is InChI=1S/C41H32N2O2/c42-27-33(41(44)45)25-28-19-24-38-36(26-28)35-17-10-18-37(35)43(38)34-22-20-32(21-23-34)40(31-15-8-3-9-16-31)39(29-11-4-1-5-12-29)30-13-6-2-7-14-30/h1-9,11-16,19-26,35,37H,10,17-18H2,(H,44,45). The van der Waals surface area contributed by atoms with Crippen molar-refractivity contribution >= 4 is 34.6 Å². The van der Waals surface area contributed by atoms with E-state index in [1.165, 1.54) is 33.9 Å². The van der Waals surface area contributed by atoms with E-state index in [1.807, 2.05) is 6.07 Å². The predicted octanol–water partition coefficient (Wildman–Crippen LogP) is 9.47. The van der Waals surface area contributed by atoms with Crippen LogP contribution in [0.1, 0.15) is 58.6 Å². The van der Waals surface area contributed by atoms with Gasteiger partial charge in [-0.2, -0.15) is 5.26 Å². The van der Waals surface area contributed by atoms with E-state index < -0.39 is 5.97 Å². The number of hydrogen-bond acceptors (Lipinski definition) is 3. The number of nitrogens with zero attached hydrogens (tertiary/aromatic N) is 2. The van der Waals surface area contributed by atoms with E-state index in [-0.39, 0.29) is 5.57 Å². The SMILES string of the molecule is N#CC(=Cc1ccc2c(c1)C1CCCC1N2c1ccc(C(=C(c2ccccc2)c2ccccc2)c2ccccc2)cc1)C(=O)O. The van der Waals surface area contributed by atoms with Crippen LogP contribution < -0.4 is 4.90 Å². The number of hydrogen-bond donors (Lipinski definition) is 1. The first-order valence-electron chi connectivity index (χ1n) is 15.4. The first-order chi connectivity index (χ1) is 22.1. The van der Waals surface area contributed by atoms with Gasteiger partial charge in [0.25, 0.3) is 0 Å². The maximum absolute atomic E-state index is 11.5. The minimum atomic E-state index is -1.20. The molecule has 0 amide bonds. The van der Waals surface area contributed by atoms with Crippen LogP contribution in [0.3, 0.4) is 0 Å². The zero-order valence-corrected chi connectivity index (χ0v) is 24.8. The average molecular weight is 585 g/mol. The van der Waals surface area contributed by atoms with E-state index in [9.17, 15) is 15.2 Å². The molecule has 0 radical (unpaired) electrons. The van der Waals surface area contributed by atoms with Crippen molar-refractivity contribution in [3.63, 3.8) is 0 Å². The van der Waals surface area contributed by atoms with Crippen LogP contribution in [0.5, 0.6) is 0 Å². The van der Waals surface area contributed by atoms with Crippen molar-refractivity contribution in [2.45, 2.75) is 31.2 Å². The van der Waals surface area contributed by atoms with Crippen molar-refractivity contribution in [2.75, 3.05) is 4.90 Å². The molecule has 4 nitrogen and oxygen atoms in total. The maximum Gasteiger partial charge on any atom is 0.346 e. The van der Waals surface area contributed by atoms with Crippen molar-refractivity contribution in [3.05, 3.63) is 172 Å². The number of rotatable bonds is 7. The first-order valence-corrected chi connectivity index (χ1v) is 15.4. The van der Waals surface area contributed by atoms with Gasteiger partial charge in [-0.05, 0) is 87.7 Å². The van der Waals surface area contributed by atoms with Crippen LogP contribution in [0.25, 0.3) is 17.2 Å². The summed E-state index contributed by atoms with van der Waals surface area (Å²) in [7, 11) is 0. The fourth-order valence-corrected chi connectivity index (χ4v) is 7.12. The first kappa shape index (κ1) is 28.1. The Balaban J connectivity index is 1.34. The molecule has 2 aliphatic rings. The largest absolute Gasteiger partial charge is 0.477 e. The van der Waals surface area contributed by atoms with Gasteiger partial charge in [0.05, 0.1) is 0 Å². The van der Waals surface area contributed by atoms with E-state index in [2.05, 4.69) is 132 Å². The summed E-state index contributed by atoms with van der Waals surface area (Å²) >= 11 is 0. The molecular weight excluding hydrogens is 552 g/mol. The Kier molecular flexibility index (Phi) is 7.59. The summed E-state index contributed by atoms with van der Waals surface area (Å²) in [5, 5.41) is 18.6. The predicted molar refractivity (Wildman–Crippen MR) is 181 cm³/mol. The summed E-state index contributed by atoms with van der Waals surface area (Å²) in [6.07, 6.45) is 4.83. The molecule has 218 valence electrons. The topological polar surface area (TPSA) is 64.3 Å². The molecule has 1 fully saturated rings. The summed E-state index contributed by atoms with van der Waals surface area (Å²) in [5.41, 5.74) is 11.1. The number of carbonyl (C=O) groups is 1. The third-order valence-corrected chi connectivity index (χ3v) is 9.06. The average Bonchev–Trinajstić information content (AvgIpc) is 3.68. The summed E-state index contributed by atoms with van der Waals surface area (Å²) < 4.78 is 0. The van der Waals surface area contributed by atoms with Gasteiger partial charge in [0.1, 0.15) is 11.6 Å². The van der Waals surface area contributed by atoms with E-state index in [0.717, 1.165) is 47.3 Å². The molecule has 1 aliphatic heterocycles. The molecule has 7 rings (SSSR count). The van der Waals surface area contributed by atoms with Crippen LogP contribution in [0.15, 0.2) is 139 Å². The monoisotopic (exact) mass is 584 g/mol. The number of carboxylic acids is 1. The smallest absolute Gasteiger partial charge is 0.346 e. The highest BCUT2D eigenvalue weighted by atomic mass is 16.4. The summed E-state index contributed by atoms with van der Waals surface area (Å²) in [4.78, 5) is 13.9. The van der Waals surface area contributed by atoms with Crippen LogP contribution in [0, 0.1) is 11.3 Å². The van der Waals surface area contributed by atoms with Crippen molar-refractivity contribution in [3.8, 4) is 6.07 Å². The lowest BCUT2D eigenvalue weighted by atomic mass is 9.86. The van der Waals surface area contributed by atoms with Crippen molar-refractivity contribution in [1.82, 2.24) is 0 Å². The number of carboxylic acid groups (broad SMARTS) is 1. The lowest BCUT2D eigenvalue weighted by molar-refractivity contribution is -0.132. The van der Waals surface area contributed by atoms with Crippen molar-refractivity contribution < 1.29 is 9.90 Å². The Hall–Kier alpha value is -5.66. The minimum Gasteiger partial charge on any atom is -0.477 e. The lowest BCUT2D eigenvalue weighted by Gasteiger charge is -2.27. The Labute approximate surface area is 263 Å². The van der Waals surface area contributed by atoms with Crippen LogP contribution >= 0.6 is 0 Å². The normalized spacial score (nSPS) is 16.9. The van der Waals surface area contributed by atoms with Gasteiger partial charge >= 0.3 is 5.97 Å². The van der Waals surface area contributed by atoms with Gasteiger partial charge in [0, 0.05) is 23.3 Å². The molecule has 0 saturated heterocycles. The van der Waals surface area contributed by atoms with Crippen LogP contribution in [-0.2, 0) is 4.79 Å². The number of benzene rings is 5. The van der Waals surface area contributed by atoms with E-state index in [4.69, 9.17) is 0 Å². The van der Waals surface area contributed by atoms with Gasteiger partial charge in [-0.25, -0.2) is 4.79 Å². The molecule has 2 atom stereocenters. The second-order valence-electron chi connectivity index (χ2n) is 11.7. The molecule has 45 heavy (non-hydrogen) atoms. The maximum atomic E-state index is 11.5. The van der Waals surface area contributed by atoms with Crippen LogP contribution in [0.2, 0.25) is 0 Å². The second-order valence-corrected chi connectivity index (χ2v) is 11.7. The van der Waals surface area contributed by atoms with Gasteiger partial charge in [0.2, 0.25) is 0 Å². The summed E-state index contributed by atoms with van der Waals surface area (Å²) in [5.74, 6) is -0.823. The molecule has 1 N–H and O–H groups in total.